The Morgan fingerprint density at radius 3 is 2.62 bits per heavy atom. The van der Waals surface area contributed by atoms with Crippen LogP contribution in [0.15, 0.2) is 48.5 Å². The first-order chi connectivity index (χ1) is 14.0. The van der Waals surface area contributed by atoms with E-state index in [1.165, 1.54) is 0 Å². The molecule has 1 atom stereocenters. The van der Waals surface area contributed by atoms with Crippen LogP contribution in [0.4, 0.5) is 0 Å². The Morgan fingerprint density at radius 2 is 1.90 bits per heavy atom. The average molecular weight is 412 g/mol. The molecule has 0 radical (unpaired) electrons. The Bertz CT molecular complexity index is 998. The molecule has 0 unspecified atom stereocenters. The predicted octanol–water partition coefficient (Wildman–Crippen LogP) is 3.46. The van der Waals surface area contributed by atoms with Gasteiger partial charge in [0.1, 0.15) is 12.4 Å². The minimum atomic E-state index is -0.869. The smallest absolute Gasteiger partial charge is 0.326 e. The standard InChI is InChI=1S/C22H25N3O3S/c1-15-8-10-17(11-9-15)12-23-22(27)16(2)28-21(26)13-25-19-7-5-4-6-18(19)24-20(25)14-29-3/h4-11,16H,12-14H2,1-3H3,(H,23,27)/t16-/m1/s1. The summed E-state index contributed by atoms with van der Waals surface area (Å²) in [6, 6.07) is 15.6. The Labute approximate surface area is 174 Å². The first kappa shape index (κ1) is 20.9. The summed E-state index contributed by atoms with van der Waals surface area (Å²) in [7, 11) is 0. The maximum Gasteiger partial charge on any atom is 0.326 e. The molecule has 0 bridgehead atoms. The van der Waals surface area contributed by atoms with E-state index in [2.05, 4.69) is 10.3 Å². The summed E-state index contributed by atoms with van der Waals surface area (Å²) in [6.07, 6.45) is 1.12. The SMILES string of the molecule is CSCc1nc2ccccc2n1CC(=O)O[C@H](C)C(=O)NCc1ccc(C)cc1. The molecule has 0 fully saturated rings. The van der Waals surface area contributed by atoms with Crippen LogP contribution in [0.1, 0.15) is 23.9 Å². The van der Waals surface area contributed by atoms with E-state index in [1.807, 2.05) is 66.3 Å². The van der Waals surface area contributed by atoms with Crippen LogP contribution in [0.5, 0.6) is 0 Å². The second-order valence-corrected chi connectivity index (χ2v) is 7.74. The van der Waals surface area contributed by atoms with Crippen molar-refractivity contribution in [2.45, 2.75) is 38.8 Å². The highest BCUT2D eigenvalue weighted by Crippen LogP contribution is 2.19. The van der Waals surface area contributed by atoms with E-state index < -0.39 is 12.1 Å². The number of aryl methyl sites for hydroxylation is 1. The normalized spacial score (nSPS) is 12.0. The van der Waals surface area contributed by atoms with Crippen molar-refractivity contribution in [2.24, 2.45) is 0 Å². The number of hydrogen-bond donors (Lipinski definition) is 1. The molecular weight excluding hydrogens is 386 g/mol. The lowest BCUT2D eigenvalue weighted by molar-refractivity contribution is -0.155. The zero-order valence-electron chi connectivity index (χ0n) is 16.8. The van der Waals surface area contributed by atoms with Crippen molar-refractivity contribution in [3.05, 3.63) is 65.5 Å². The molecule has 0 saturated heterocycles. The monoisotopic (exact) mass is 411 g/mol. The van der Waals surface area contributed by atoms with Crippen molar-refractivity contribution >= 4 is 34.7 Å². The van der Waals surface area contributed by atoms with Gasteiger partial charge in [-0.3, -0.25) is 9.59 Å². The lowest BCUT2D eigenvalue weighted by atomic mass is 10.1. The molecule has 2 aromatic carbocycles. The highest BCUT2D eigenvalue weighted by Gasteiger charge is 2.20. The van der Waals surface area contributed by atoms with Crippen molar-refractivity contribution in [1.29, 1.82) is 0 Å². The Morgan fingerprint density at radius 1 is 1.17 bits per heavy atom. The highest BCUT2D eigenvalue weighted by atomic mass is 32.2. The van der Waals surface area contributed by atoms with Crippen LogP contribution in [0.3, 0.4) is 0 Å². The van der Waals surface area contributed by atoms with Gasteiger partial charge in [0.15, 0.2) is 6.10 Å². The van der Waals surface area contributed by atoms with Crippen LogP contribution in [0.2, 0.25) is 0 Å². The number of aromatic nitrogens is 2. The van der Waals surface area contributed by atoms with Gasteiger partial charge in [-0.2, -0.15) is 11.8 Å². The van der Waals surface area contributed by atoms with Crippen LogP contribution in [0, 0.1) is 6.92 Å². The molecule has 7 heteroatoms. The molecular formula is C22H25N3O3S. The second kappa shape index (κ2) is 9.60. The third-order valence-corrected chi connectivity index (χ3v) is 5.11. The van der Waals surface area contributed by atoms with E-state index in [1.54, 1.807) is 18.7 Å². The molecule has 152 valence electrons. The highest BCUT2D eigenvalue weighted by molar-refractivity contribution is 7.97. The van der Waals surface area contributed by atoms with Crippen molar-refractivity contribution in [1.82, 2.24) is 14.9 Å². The van der Waals surface area contributed by atoms with E-state index in [4.69, 9.17) is 4.74 Å². The molecule has 1 aromatic heterocycles. The molecule has 29 heavy (non-hydrogen) atoms. The molecule has 0 aliphatic carbocycles. The zero-order chi connectivity index (χ0) is 20.8. The molecule has 6 nitrogen and oxygen atoms in total. The van der Waals surface area contributed by atoms with Crippen molar-refractivity contribution in [3.8, 4) is 0 Å². The summed E-state index contributed by atoms with van der Waals surface area (Å²) in [5.41, 5.74) is 3.88. The predicted molar refractivity (Wildman–Crippen MR) is 116 cm³/mol. The Hall–Kier alpha value is -2.80. The fraction of sp³-hybridized carbons (Fsp3) is 0.318. The van der Waals surface area contributed by atoms with Gasteiger partial charge < -0.3 is 14.6 Å². The summed E-state index contributed by atoms with van der Waals surface area (Å²) >= 11 is 1.64. The number of benzene rings is 2. The number of rotatable bonds is 8. The average Bonchev–Trinajstić information content (AvgIpc) is 3.04. The van der Waals surface area contributed by atoms with Crippen LogP contribution < -0.4 is 5.32 Å². The van der Waals surface area contributed by atoms with Crippen LogP contribution in [0.25, 0.3) is 11.0 Å². The number of nitrogens with one attached hydrogen (secondary N) is 1. The Kier molecular flexibility index (Phi) is 6.93. The summed E-state index contributed by atoms with van der Waals surface area (Å²) < 4.78 is 7.22. The number of nitrogens with zero attached hydrogens (tertiary/aromatic N) is 2. The topological polar surface area (TPSA) is 73.2 Å². The van der Waals surface area contributed by atoms with Crippen LogP contribution in [-0.2, 0) is 33.2 Å². The summed E-state index contributed by atoms with van der Waals surface area (Å²) in [6.45, 7) is 4.01. The molecule has 1 amide bonds. The first-order valence-electron chi connectivity index (χ1n) is 9.43. The first-order valence-corrected chi connectivity index (χ1v) is 10.8. The fourth-order valence-electron chi connectivity index (χ4n) is 3.00. The van der Waals surface area contributed by atoms with Gasteiger partial charge in [-0.25, -0.2) is 4.98 Å². The van der Waals surface area contributed by atoms with E-state index in [0.717, 1.165) is 28.0 Å². The van der Waals surface area contributed by atoms with Gasteiger partial charge in [0.2, 0.25) is 0 Å². The lowest BCUT2D eigenvalue weighted by Crippen LogP contribution is -2.36. The van der Waals surface area contributed by atoms with Crippen molar-refractivity contribution in [2.75, 3.05) is 6.26 Å². The molecule has 0 aliphatic heterocycles. The summed E-state index contributed by atoms with van der Waals surface area (Å²) in [4.78, 5) is 29.4. The summed E-state index contributed by atoms with van der Waals surface area (Å²) in [5.74, 6) is 0.716. The van der Waals surface area contributed by atoms with Crippen molar-refractivity contribution < 1.29 is 14.3 Å². The number of esters is 1. The third-order valence-electron chi connectivity index (χ3n) is 4.56. The minimum Gasteiger partial charge on any atom is -0.451 e. The zero-order valence-corrected chi connectivity index (χ0v) is 17.7. The van der Waals surface area contributed by atoms with E-state index >= 15 is 0 Å². The van der Waals surface area contributed by atoms with E-state index in [9.17, 15) is 9.59 Å². The molecule has 0 spiro atoms. The third kappa shape index (κ3) is 5.38. The van der Waals surface area contributed by atoms with Gasteiger partial charge in [-0.1, -0.05) is 42.0 Å². The molecule has 0 saturated carbocycles. The number of fused-ring (bicyclic) bond motifs is 1. The molecule has 3 rings (SSSR count). The van der Waals surface area contributed by atoms with E-state index in [0.29, 0.717) is 12.3 Å². The van der Waals surface area contributed by atoms with E-state index in [-0.39, 0.29) is 12.5 Å². The largest absolute Gasteiger partial charge is 0.451 e. The van der Waals surface area contributed by atoms with Crippen molar-refractivity contribution in [3.63, 3.8) is 0 Å². The number of para-hydroxylation sites is 2. The number of hydrogen-bond acceptors (Lipinski definition) is 5. The number of carbonyl (C=O) groups is 2. The maximum atomic E-state index is 12.5. The van der Waals surface area contributed by atoms with Gasteiger partial charge >= 0.3 is 5.97 Å². The number of thioether (sulfide) groups is 1. The van der Waals surface area contributed by atoms with Crippen LogP contribution >= 0.6 is 11.8 Å². The van der Waals surface area contributed by atoms with Gasteiger partial charge in [-0.05, 0) is 37.8 Å². The maximum absolute atomic E-state index is 12.5. The number of ether oxygens (including phenoxy) is 1. The Balaban J connectivity index is 1.60. The van der Waals surface area contributed by atoms with Crippen LogP contribution in [-0.4, -0.2) is 33.8 Å². The lowest BCUT2D eigenvalue weighted by Gasteiger charge is -2.15. The molecule has 0 aliphatic rings. The molecule has 1 N–H and O–H groups in total. The molecule has 1 heterocycles. The minimum absolute atomic E-state index is 0.0198. The van der Waals surface area contributed by atoms with Gasteiger partial charge in [-0.15, -0.1) is 0 Å². The number of amides is 1. The quantitative estimate of drug-likeness (QED) is 0.575. The second-order valence-electron chi connectivity index (χ2n) is 6.87. The van der Waals surface area contributed by atoms with Gasteiger partial charge in [0, 0.05) is 6.54 Å². The van der Waals surface area contributed by atoms with Gasteiger partial charge in [0.25, 0.3) is 5.91 Å². The molecule has 3 aromatic rings. The fourth-order valence-corrected chi connectivity index (χ4v) is 3.48. The number of imidazole rings is 1. The summed E-state index contributed by atoms with van der Waals surface area (Å²) in [5, 5.41) is 2.81. The van der Waals surface area contributed by atoms with Gasteiger partial charge in [0.05, 0.1) is 16.8 Å². The number of carbonyl (C=O) groups excluding carboxylic acids is 2.